The Hall–Kier alpha value is -0.570. The van der Waals surface area contributed by atoms with Crippen molar-refractivity contribution in [1.29, 1.82) is 5.41 Å². The summed E-state index contributed by atoms with van der Waals surface area (Å²) in [5.41, 5.74) is -0.567. The first-order valence-corrected chi connectivity index (χ1v) is 3.54. The minimum Gasteiger partial charge on any atom is -0.388 e. The van der Waals surface area contributed by atoms with Crippen LogP contribution in [0.3, 0.4) is 0 Å². The van der Waals surface area contributed by atoms with Gasteiger partial charge >= 0.3 is 0 Å². The van der Waals surface area contributed by atoms with E-state index in [0.29, 0.717) is 12.4 Å². The summed E-state index contributed by atoms with van der Waals surface area (Å²) in [6, 6.07) is 0. The Bertz CT molecular complexity index is 154. The van der Waals surface area contributed by atoms with Crippen molar-refractivity contribution >= 4 is 5.84 Å². The van der Waals surface area contributed by atoms with Crippen LogP contribution < -0.4 is 0 Å². The van der Waals surface area contributed by atoms with Gasteiger partial charge in [0, 0.05) is 13.1 Å². The van der Waals surface area contributed by atoms with Gasteiger partial charge < -0.3 is 10.0 Å². The second kappa shape index (κ2) is 2.23. The Labute approximate surface area is 61.2 Å². The third-order valence-corrected chi connectivity index (χ3v) is 1.93. The normalized spacial score (nSPS) is 32.9. The molecule has 1 rings (SSSR count). The summed E-state index contributed by atoms with van der Waals surface area (Å²) >= 11 is 0. The molecule has 0 saturated carbocycles. The van der Waals surface area contributed by atoms with E-state index >= 15 is 0 Å². The molecule has 1 fully saturated rings. The van der Waals surface area contributed by atoms with Crippen LogP contribution >= 0.6 is 0 Å². The van der Waals surface area contributed by atoms with E-state index in [0.717, 1.165) is 13.0 Å². The van der Waals surface area contributed by atoms with Gasteiger partial charge in [-0.05, 0) is 20.3 Å². The molecule has 0 bridgehead atoms. The lowest BCUT2D eigenvalue weighted by Crippen LogP contribution is -2.32. The zero-order valence-corrected chi connectivity index (χ0v) is 6.52. The molecule has 3 nitrogen and oxygen atoms in total. The molecular weight excluding hydrogens is 128 g/mol. The van der Waals surface area contributed by atoms with Gasteiger partial charge in [0.2, 0.25) is 0 Å². The minimum absolute atomic E-state index is 0.553. The highest BCUT2D eigenvalue weighted by atomic mass is 16.3. The molecule has 0 aromatic carbocycles. The SMILES string of the molecule is CC(=N)N1CCC(C)(O)C1. The standard InChI is InChI=1S/C7H14N2O/c1-6(8)9-4-3-7(2,10)5-9/h8,10H,3-5H2,1-2H3. The van der Waals surface area contributed by atoms with Gasteiger partial charge in [-0.2, -0.15) is 0 Å². The third kappa shape index (κ3) is 1.48. The van der Waals surface area contributed by atoms with Crippen LogP contribution in [0, 0.1) is 5.41 Å². The van der Waals surface area contributed by atoms with Crippen molar-refractivity contribution in [3.8, 4) is 0 Å². The zero-order valence-electron chi connectivity index (χ0n) is 6.52. The maximum Gasteiger partial charge on any atom is 0.0926 e. The Balaban J connectivity index is 2.51. The summed E-state index contributed by atoms with van der Waals surface area (Å²) in [4.78, 5) is 1.89. The smallest absolute Gasteiger partial charge is 0.0926 e. The summed E-state index contributed by atoms with van der Waals surface area (Å²) < 4.78 is 0. The Morgan fingerprint density at radius 3 is 2.50 bits per heavy atom. The highest BCUT2D eigenvalue weighted by Crippen LogP contribution is 2.19. The summed E-state index contributed by atoms with van der Waals surface area (Å²) in [6.45, 7) is 5.00. The molecule has 1 aliphatic rings. The number of nitrogens with zero attached hydrogens (tertiary/aromatic N) is 1. The topological polar surface area (TPSA) is 47.3 Å². The van der Waals surface area contributed by atoms with Gasteiger partial charge in [-0.25, -0.2) is 0 Å². The first-order valence-electron chi connectivity index (χ1n) is 3.54. The Kier molecular flexibility index (Phi) is 1.68. The molecule has 1 atom stereocenters. The van der Waals surface area contributed by atoms with E-state index in [9.17, 15) is 5.11 Å². The number of nitrogens with one attached hydrogen (secondary N) is 1. The average Bonchev–Trinajstić information content (AvgIpc) is 2.10. The number of rotatable bonds is 0. The van der Waals surface area contributed by atoms with Crippen LogP contribution in [-0.2, 0) is 0 Å². The van der Waals surface area contributed by atoms with E-state index in [4.69, 9.17) is 5.41 Å². The van der Waals surface area contributed by atoms with Crippen molar-refractivity contribution in [1.82, 2.24) is 4.90 Å². The quantitative estimate of drug-likeness (QED) is 0.381. The monoisotopic (exact) mass is 142 g/mol. The highest BCUT2D eigenvalue weighted by molar-refractivity contribution is 5.76. The van der Waals surface area contributed by atoms with Crippen molar-refractivity contribution in [2.45, 2.75) is 25.9 Å². The second-order valence-corrected chi connectivity index (χ2v) is 3.25. The van der Waals surface area contributed by atoms with Crippen LogP contribution in [0.4, 0.5) is 0 Å². The summed E-state index contributed by atoms with van der Waals surface area (Å²) in [7, 11) is 0. The van der Waals surface area contributed by atoms with Crippen molar-refractivity contribution in [3.05, 3.63) is 0 Å². The van der Waals surface area contributed by atoms with Gasteiger partial charge in [0.05, 0.1) is 11.4 Å². The number of aliphatic hydroxyl groups is 1. The molecule has 58 valence electrons. The van der Waals surface area contributed by atoms with Crippen molar-refractivity contribution in [2.24, 2.45) is 0 Å². The fourth-order valence-corrected chi connectivity index (χ4v) is 1.23. The molecule has 0 aliphatic carbocycles. The predicted molar refractivity (Wildman–Crippen MR) is 40.2 cm³/mol. The van der Waals surface area contributed by atoms with Gasteiger partial charge in [0.25, 0.3) is 0 Å². The first-order chi connectivity index (χ1) is 4.51. The summed E-state index contributed by atoms with van der Waals surface area (Å²) in [5.74, 6) is 0.553. The minimum atomic E-state index is -0.567. The molecule has 0 amide bonds. The molecule has 1 aliphatic heterocycles. The molecule has 0 radical (unpaired) electrons. The van der Waals surface area contributed by atoms with E-state index in [2.05, 4.69) is 0 Å². The summed E-state index contributed by atoms with van der Waals surface area (Å²) in [6.07, 6.45) is 0.781. The van der Waals surface area contributed by atoms with Crippen molar-refractivity contribution in [3.63, 3.8) is 0 Å². The third-order valence-electron chi connectivity index (χ3n) is 1.93. The van der Waals surface area contributed by atoms with Crippen LogP contribution in [0.5, 0.6) is 0 Å². The maximum atomic E-state index is 9.48. The van der Waals surface area contributed by atoms with Crippen LogP contribution in [0.15, 0.2) is 0 Å². The molecular formula is C7H14N2O. The molecule has 0 aromatic heterocycles. The van der Waals surface area contributed by atoms with E-state index in [1.807, 2.05) is 11.8 Å². The number of likely N-dealkylation sites (tertiary alicyclic amines) is 1. The van der Waals surface area contributed by atoms with Crippen LogP contribution in [0.2, 0.25) is 0 Å². The molecule has 1 unspecified atom stereocenters. The lowest BCUT2D eigenvalue weighted by molar-refractivity contribution is 0.0753. The molecule has 1 saturated heterocycles. The fraction of sp³-hybridized carbons (Fsp3) is 0.857. The maximum absolute atomic E-state index is 9.48. The predicted octanol–water partition coefficient (Wildman–Crippen LogP) is 0.440. The Morgan fingerprint density at radius 1 is 1.70 bits per heavy atom. The zero-order chi connectivity index (χ0) is 7.78. The molecule has 10 heavy (non-hydrogen) atoms. The number of hydrogen-bond acceptors (Lipinski definition) is 2. The van der Waals surface area contributed by atoms with Crippen LogP contribution in [0.25, 0.3) is 0 Å². The van der Waals surface area contributed by atoms with E-state index in [1.165, 1.54) is 0 Å². The van der Waals surface area contributed by atoms with Gasteiger partial charge in [0.1, 0.15) is 0 Å². The van der Waals surface area contributed by atoms with Crippen molar-refractivity contribution in [2.75, 3.05) is 13.1 Å². The number of amidine groups is 1. The van der Waals surface area contributed by atoms with E-state index in [1.54, 1.807) is 6.92 Å². The highest BCUT2D eigenvalue weighted by Gasteiger charge is 2.31. The van der Waals surface area contributed by atoms with Gasteiger partial charge in [-0.1, -0.05) is 0 Å². The molecule has 3 heteroatoms. The van der Waals surface area contributed by atoms with Crippen molar-refractivity contribution < 1.29 is 5.11 Å². The van der Waals surface area contributed by atoms with E-state index < -0.39 is 5.60 Å². The summed E-state index contributed by atoms with van der Waals surface area (Å²) in [5, 5.41) is 16.8. The van der Waals surface area contributed by atoms with Crippen LogP contribution in [-0.4, -0.2) is 34.5 Å². The lowest BCUT2D eigenvalue weighted by Gasteiger charge is -2.18. The van der Waals surface area contributed by atoms with E-state index in [-0.39, 0.29) is 0 Å². The fourth-order valence-electron chi connectivity index (χ4n) is 1.23. The van der Waals surface area contributed by atoms with Gasteiger partial charge in [0.15, 0.2) is 0 Å². The number of β-amino-alcohol motifs (C(OH)–C–C–N with tert-alkyl or cyclic N) is 1. The van der Waals surface area contributed by atoms with Gasteiger partial charge in [-0.3, -0.25) is 5.41 Å². The first kappa shape index (κ1) is 7.54. The van der Waals surface area contributed by atoms with Gasteiger partial charge in [-0.15, -0.1) is 0 Å². The Morgan fingerprint density at radius 2 is 2.30 bits per heavy atom. The molecule has 2 N–H and O–H groups in total. The van der Waals surface area contributed by atoms with Crippen LogP contribution in [0.1, 0.15) is 20.3 Å². The largest absolute Gasteiger partial charge is 0.388 e. The lowest BCUT2D eigenvalue weighted by atomic mass is 10.1. The molecule has 0 aromatic rings. The number of hydrogen-bond donors (Lipinski definition) is 2. The molecule has 1 heterocycles. The molecule has 0 spiro atoms. The second-order valence-electron chi connectivity index (χ2n) is 3.25. The average molecular weight is 142 g/mol.